The Morgan fingerprint density at radius 3 is 2.64 bits per heavy atom. The van der Waals surface area contributed by atoms with Crippen molar-refractivity contribution in [3.63, 3.8) is 0 Å². The molecule has 0 spiro atoms. The molecule has 0 atom stereocenters. The van der Waals surface area contributed by atoms with Gasteiger partial charge in [0.05, 0.1) is 10.9 Å². The predicted molar refractivity (Wildman–Crippen MR) is 122 cm³/mol. The molecule has 0 saturated carbocycles. The molecule has 0 bridgehead atoms. The second-order valence-corrected chi connectivity index (χ2v) is 7.63. The summed E-state index contributed by atoms with van der Waals surface area (Å²) in [6, 6.07) is 17.0. The number of hydrogen-bond acceptors (Lipinski definition) is 6. The van der Waals surface area contributed by atoms with Gasteiger partial charge in [-0.1, -0.05) is 30.3 Å². The minimum atomic E-state index is -0.418. The van der Waals surface area contributed by atoms with Crippen LogP contribution in [0.1, 0.15) is 21.6 Å². The van der Waals surface area contributed by atoms with Crippen LogP contribution in [0.5, 0.6) is 11.5 Å². The molecule has 1 aliphatic heterocycles. The van der Waals surface area contributed by atoms with Crippen molar-refractivity contribution in [3.8, 4) is 11.5 Å². The Balaban J connectivity index is 1.51. The monoisotopic (exact) mass is 441 g/mol. The molecule has 0 saturated heterocycles. The molecule has 164 valence electrons. The summed E-state index contributed by atoms with van der Waals surface area (Å²) in [6.45, 7) is 1.79. The van der Waals surface area contributed by atoms with Gasteiger partial charge in [0.2, 0.25) is 18.1 Å². The van der Waals surface area contributed by atoms with Gasteiger partial charge in [0.25, 0.3) is 0 Å². The van der Waals surface area contributed by atoms with Crippen LogP contribution < -0.4 is 20.2 Å². The normalized spacial score (nSPS) is 12.0. The Morgan fingerprint density at radius 2 is 1.82 bits per heavy atom. The lowest BCUT2D eigenvalue weighted by Crippen LogP contribution is -2.25. The van der Waals surface area contributed by atoms with E-state index in [9.17, 15) is 14.4 Å². The smallest absolute Gasteiger partial charge is 0.244 e. The first-order chi connectivity index (χ1) is 16.0. The highest BCUT2D eigenvalue weighted by Crippen LogP contribution is 2.34. The summed E-state index contributed by atoms with van der Waals surface area (Å²) in [7, 11) is 0. The fraction of sp³-hybridized carbons (Fsp3) is 0.120. The number of aromatic nitrogens is 2. The van der Waals surface area contributed by atoms with Crippen molar-refractivity contribution in [2.45, 2.75) is 13.5 Å². The van der Waals surface area contributed by atoms with Crippen LogP contribution in [0.4, 0.5) is 5.69 Å². The molecule has 0 unspecified atom stereocenters. The van der Waals surface area contributed by atoms with Gasteiger partial charge in [-0.25, -0.2) is 4.98 Å². The van der Waals surface area contributed by atoms with Gasteiger partial charge in [-0.2, -0.15) is 0 Å². The molecule has 4 aromatic rings. The number of anilines is 1. The maximum Gasteiger partial charge on any atom is 0.244 e. The first kappa shape index (κ1) is 20.4. The van der Waals surface area contributed by atoms with Crippen molar-refractivity contribution >= 4 is 28.4 Å². The number of ether oxygens (including phenoxy) is 2. The number of benzene rings is 2. The van der Waals surface area contributed by atoms with Crippen LogP contribution in [0, 0.1) is 6.92 Å². The van der Waals surface area contributed by atoms with Gasteiger partial charge >= 0.3 is 0 Å². The third-order valence-electron chi connectivity index (χ3n) is 5.31. The molecule has 2 aromatic carbocycles. The lowest BCUT2D eigenvalue weighted by molar-refractivity contribution is -0.116. The summed E-state index contributed by atoms with van der Waals surface area (Å²) in [5.74, 6) is 0.408. The number of aryl methyl sites for hydroxylation is 1. The molecule has 33 heavy (non-hydrogen) atoms. The van der Waals surface area contributed by atoms with E-state index in [1.165, 1.54) is 10.8 Å². The van der Waals surface area contributed by atoms with Crippen LogP contribution in [0.3, 0.4) is 0 Å². The number of fused-ring (bicyclic) bond motifs is 2. The van der Waals surface area contributed by atoms with Crippen LogP contribution in [0.25, 0.3) is 11.0 Å². The third kappa shape index (κ3) is 3.94. The highest BCUT2D eigenvalue weighted by Gasteiger charge is 2.19. The Kier molecular flexibility index (Phi) is 5.10. The molecular weight excluding hydrogens is 422 g/mol. The van der Waals surface area contributed by atoms with E-state index >= 15 is 0 Å². The first-order valence-corrected chi connectivity index (χ1v) is 10.3. The van der Waals surface area contributed by atoms with Crippen molar-refractivity contribution in [3.05, 3.63) is 93.9 Å². The molecule has 0 aliphatic carbocycles. The maximum atomic E-state index is 13.1. The molecule has 1 aliphatic rings. The average Bonchev–Trinajstić information content (AvgIpc) is 3.29. The molecule has 2 aromatic heterocycles. The molecule has 5 rings (SSSR count). The molecule has 0 fully saturated rings. The van der Waals surface area contributed by atoms with Gasteiger partial charge in [0.1, 0.15) is 12.2 Å². The number of nitrogens with one attached hydrogen (secondary N) is 1. The van der Waals surface area contributed by atoms with E-state index in [2.05, 4.69) is 10.3 Å². The standard InChI is InChI=1S/C25H19N3O5/c1-15-7-9-18-24(31)19(23(30)16-5-3-2-4-6-16)12-28(25(18)26-15)13-22(29)27-17-8-10-20-21(11-17)33-14-32-20/h2-12H,13-14H2,1H3,(H,27,29). The quantitative estimate of drug-likeness (QED) is 0.477. The Hall–Kier alpha value is -4.46. The van der Waals surface area contributed by atoms with Crippen molar-refractivity contribution < 1.29 is 19.1 Å². The van der Waals surface area contributed by atoms with Crippen molar-refractivity contribution in [1.82, 2.24) is 9.55 Å². The SMILES string of the molecule is Cc1ccc2c(=O)c(C(=O)c3ccccc3)cn(CC(=O)Nc3ccc4c(c3)OCO4)c2n1. The van der Waals surface area contributed by atoms with Gasteiger partial charge < -0.3 is 19.4 Å². The highest BCUT2D eigenvalue weighted by atomic mass is 16.7. The fourth-order valence-electron chi connectivity index (χ4n) is 3.72. The zero-order valence-corrected chi connectivity index (χ0v) is 17.7. The van der Waals surface area contributed by atoms with Crippen LogP contribution >= 0.6 is 0 Å². The Labute approximate surface area is 188 Å². The first-order valence-electron chi connectivity index (χ1n) is 10.3. The van der Waals surface area contributed by atoms with Crippen molar-refractivity contribution in [2.75, 3.05) is 12.1 Å². The van der Waals surface area contributed by atoms with E-state index in [1.54, 1.807) is 67.6 Å². The Bertz CT molecular complexity index is 1460. The van der Waals surface area contributed by atoms with Crippen LogP contribution in [-0.2, 0) is 11.3 Å². The second-order valence-electron chi connectivity index (χ2n) is 7.63. The second kappa shape index (κ2) is 8.23. The molecule has 1 N–H and O–H groups in total. The zero-order valence-electron chi connectivity index (χ0n) is 17.7. The van der Waals surface area contributed by atoms with E-state index in [4.69, 9.17) is 9.47 Å². The summed E-state index contributed by atoms with van der Waals surface area (Å²) in [5, 5.41) is 3.08. The predicted octanol–water partition coefficient (Wildman–Crippen LogP) is 3.30. The number of hydrogen-bond donors (Lipinski definition) is 1. The molecule has 3 heterocycles. The molecule has 1 amide bonds. The number of carbonyl (C=O) groups is 2. The van der Waals surface area contributed by atoms with E-state index in [1.807, 2.05) is 0 Å². The lowest BCUT2D eigenvalue weighted by Gasteiger charge is -2.13. The third-order valence-corrected chi connectivity index (χ3v) is 5.31. The average molecular weight is 441 g/mol. The van der Waals surface area contributed by atoms with E-state index in [-0.39, 0.29) is 30.2 Å². The van der Waals surface area contributed by atoms with Gasteiger partial charge in [-0.15, -0.1) is 0 Å². The largest absolute Gasteiger partial charge is 0.454 e. The van der Waals surface area contributed by atoms with Crippen LogP contribution in [0.15, 0.2) is 71.7 Å². The minimum absolute atomic E-state index is 0.0183. The number of carbonyl (C=O) groups excluding carboxylic acids is 2. The molecule has 0 radical (unpaired) electrons. The van der Waals surface area contributed by atoms with E-state index < -0.39 is 11.2 Å². The molecule has 8 nitrogen and oxygen atoms in total. The summed E-state index contributed by atoms with van der Waals surface area (Å²) in [5.41, 5.74) is 1.53. The maximum absolute atomic E-state index is 13.1. The Morgan fingerprint density at radius 1 is 1.03 bits per heavy atom. The topological polar surface area (TPSA) is 99.5 Å². The summed E-state index contributed by atoms with van der Waals surface area (Å²) in [6.07, 6.45) is 1.41. The summed E-state index contributed by atoms with van der Waals surface area (Å²) >= 11 is 0. The van der Waals surface area contributed by atoms with Gasteiger partial charge in [0.15, 0.2) is 17.3 Å². The summed E-state index contributed by atoms with van der Waals surface area (Å²) in [4.78, 5) is 43.5. The molecule has 8 heteroatoms. The van der Waals surface area contributed by atoms with E-state index in [0.29, 0.717) is 34.1 Å². The van der Waals surface area contributed by atoms with Crippen molar-refractivity contribution in [1.29, 1.82) is 0 Å². The number of rotatable bonds is 5. The van der Waals surface area contributed by atoms with E-state index in [0.717, 1.165) is 0 Å². The number of pyridine rings is 2. The summed E-state index contributed by atoms with van der Waals surface area (Å²) < 4.78 is 12.2. The minimum Gasteiger partial charge on any atom is -0.454 e. The van der Waals surface area contributed by atoms with Crippen molar-refractivity contribution in [2.24, 2.45) is 0 Å². The van der Waals surface area contributed by atoms with Gasteiger partial charge in [-0.05, 0) is 31.2 Å². The van der Waals surface area contributed by atoms with Crippen LogP contribution in [-0.4, -0.2) is 28.0 Å². The lowest BCUT2D eigenvalue weighted by atomic mass is 10.0. The number of nitrogens with zero attached hydrogens (tertiary/aromatic N) is 2. The highest BCUT2D eigenvalue weighted by molar-refractivity contribution is 6.10. The molecular formula is C25H19N3O5. The van der Waals surface area contributed by atoms with Gasteiger partial charge in [0, 0.05) is 29.2 Å². The van der Waals surface area contributed by atoms with Gasteiger partial charge in [-0.3, -0.25) is 14.4 Å². The van der Waals surface area contributed by atoms with Crippen LogP contribution in [0.2, 0.25) is 0 Å². The number of ketones is 1. The fourth-order valence-corrected chi connectivity index (χ4v) is 3.72. The zero-order chi connectivity index (χ0) is 22.9. The number of amides is 1.